The Labute approximate surface area is 154 Å². The molecule has 1 fully saturated rings. The van der Waals surface area contributed by atoms with E-state index in [1.165, 1.54) is 16.7 Å². The van der Waals surface area contributed by atoms with Gasteiger partial charge in [-0.3, -0.25) is 4.90 Å². The third-order valence-electron chi connectivity index (χ3n) is 5.92. The maximum Gasteiger partial charge on any atom is 0.115 e. The van der Waals surface area contributed by atoms with Crippen LogP contribution in [0.1, 0.15) is 36.5 Å². The number of nitrogens with zero attached hydrogens (tertiary/aromatic N) is 1. The van der Waals surface area contributed by atoms with Gasteiger partial charge in [0.15, 0.2) is 0 Å². The maximum absolute atomic E-state index is 10.1. The Kier molecular flexibility index (Phi) is 4.35. The van der Waals surface area contributed by atoms with E-state index in [4.69, 9.17) is 11.6 Å². The number of likely N-dealkylation sites (tertiary alicyclic amines) is 1. The van der Waals surface area contributed by atoms with Crippen molar-refractivity contribution in [1.29, 1.82) is 0 Å². The van der Waals surface area contributed by atoms with Crippen molar-refractivity contribution < 1.29 is 5.11 Å². The molecule has 2 aromatic rings. The Balaban J connectivity index is 1.78. The van der Waals surface area contributed by atoms with Crippen molar-refractivity contribution in [3.05, 3.63) is 76.3 Å². The van der Waals surface area contributed by atoms with Gasteiger partial charge < -0.3 is 5.11 Å². The van der Waals surface area contributed by atoms with Crippen LogP contribution in [0.5, 0.6) is 5.75 Å². The van der Waals surface area contributed by atoms with Crippen LogP contribution in [-0.4, -0.2) is 29.1 Å². The molecule has 25 heavy (non-hydrogen) atoms. The van der Waals surface area contributed by atoms with Crippen LogP contribution < -0.4 is 0 Å². The molecule has 4 rings (SSSR count). The molecule has 0 aromatic heterocycles. The number of benzene rings is 2. The summed E-state index contributed by atoms with van der Waals surface area (Å²) in [4.78, 5) is 2.56. The van der Waals surface area contributed by atoms with Crippen LogP contribution in [0.3, 0.4) is 0 Å². The summed E-state index contributed by atoms with van der Waals surface area (Å²) in [6, 6.07) is 17.3. The molecule has 0 amide bonds. The Bertz CT molecular complexity index is 797. The number of hydrogen-bond donors (Lipinski definition) is 1. The SMILES string of the molecule is C/C(Cl)=C/CN1CCC2(c3ccccc3)CC1Cc1ccc(O)cc12. The molecule has 3 heteroatoms. The molecule has 1 N–H and O–H groups in total. The number of phenols is 1. The Morgan fingerprint density at radius 2 is 2.08 bits per heavy atom. The molecule has 2 aliphatic rings. The van der Waals surface area contributed by atoms with Crippen molar-refractivity contribution in [2.24, 2.45) is 0 Å². The van der Waals surface area contributed by atoms with Gasteiger partial charge in [-0.25, -0.2) is 0 Å². The quantitative estimate of drug-likeness (QED) is 0.853. The van der Waals surface area contributed by atoms with Crippen LogP contribution >= 0.6 is 11.6 Å². The first-order valence-corrected chi connectivity index (χ1v) is 9.40. The first-order chi connectivity index (χ1) is 12.1. The molecule has 2 unspecified atom stereocenters. The molecule has 0 spiro atoms. The van der Waals surface area contributed by atoms with Gasteiger partial charge in [0.25, 0.3) is 0 Å². The third kappa shape index (κ3) is 2.98. The van der Waals surface area contributed by atoms with Crippen LogP contribution in [0.2, 0.25) is 0 Å². The number of rotatable bonds is 3. The maximum atomic E-state index is 10.1. The monoisotopic (exact) mass is 353 g/mol. The van der Waals surface area contributed by atoms with E-state index in [2.05, 4.69) is 47.4 Å². The summed E-state index contributed by atoms with van der Waals surface area (Å²) >= 11 is 6.06. The summed E-state index contributed by atoms with van der Waals surface area (Å²) < 4.78 is 0. The van der Waals surface area contributed by atoms with Crippen LogP contribution in [-0.2, 0) is 11.8 Å². The van der Waals surface area contributed by atoms with Gasteiger partial charge in [0, 0.05) is 23.0 Å². The lowest BCUT2D eigenvalue weighted by molar-refractivity contribution is 0.108. The van der Waals surface area contributed by atoms with Gasteiger partial charge in [-0.05, 0) is 61.6 Å². The second kappa shape index (κ2) is 6.51. The van der Waals surface area contributed by atoms with Crippen LogP contribution in [0.4, 0.5) is 0 Å². The number of phenolic OH excluding ortho intramolecular Hbond substituents is 1. The second-order valence-electron chi connectivity index (χ2n) is 7.39. The van der Waals surface area contributed by atoms with E-state index >= 15 is 0 Å². The summed E-state index contributed by atoms with van der Waals surface area (Å²) in [7, 11) is 0. The Morgan fingerprint density at radius 3 is 2.84 bits per heavy atom. The predicted molar refractivity (Wildman–Crippen MR) is 103 cm³/mol. The predicted octanol–water partition coefficient (Wildman–Crippen LogP) is 4.84. The van der Waals surface area contributed by atoms with Gasteiger partial charge >= 0.3 is 0 Å². The second-order valence-corrected chi connectivity index (χ2v) is 7.98. The van der Waals surface area contributed by atoms with E-state index in [9.17, 15) is 5.11 Å². The lowest BCUT2D eigenvalue weighted by atomic mass is 9.60. The molecule has 0 radical (unpaired) electrons. The number of halogens is 1. The molecular weight excluding hydrogens is 330 g/mol. The number of allylic oxidation sites excluding steroid dienone is 1. The van der Waals surface area contributed by atoms with E-state index in [0.717, 1.165) is 37.4 Å². The molecule has 130 valence electrons. The minimum absolute atomic E-state index is 0.00841. The molecule has 1 saturated heterocycles. The normalized spacial score (nSPS) is 26.3. The Hall–Kier alpha value is -1.77. The highest BCUT2D eigenvalue weighted by Gasteiger charge is 2.46. The zero-order valence-electron chi connectivity index (χ0n) is 14.6. The number of hydrogen-bond acceptors (Lipinski definition) is 2. The average molecular weight is 354 g/mol. The van der Waals surface area contributed by atoms with Crippen LogP contribution in [0, 0.1) is 0 Å². The Morgan fingerprint density at radius 1 is 1.28 bits per heavy atom. The number of aromatic hydroxyl groups is 1. The first kappa shape index (κ1) is 16.7. The standard InChI is InChI=1S/C22H24ClNO/c1-16(23)9-11-24-12-10-22(18-5-3-2-4-6-18)15-19(24)13-17-7-8-20(25)14-21(17)22/h2-9,14,19,25H,10-13,15H2,1H3/b16-9-. The molecular formula is C22H24ClNO. The summed E-state index contributed by atoms with van der Waals surface area (Å²) in [5, 5.41) is 11.0. The highest BCUT2D eigenvalue weighted by Crippen LogP contribution is 2.49. The fourth-order valence-electron chi connectivity index (χ4n) is 4.70. The van der Waals surface area contributed by atoms with Gasteiger partial charge in [0.05, 0.1) is 0 Å². The van der Waals surface area contributed by atoms with Crippen LogP contribution in [0.15, 0.2) is 59.6 Å². The summed E-state index contributed by atoms with van der Waals surface area (Å²) in [6.45, 7) is 3.91. The van der Waals surface area contributed by atoms with E-state index in [1.54, 1.807) is 0 Å². The van der Waals surface area contributed by atoms with Gasteiger partial charge in [0.1, 0.15) is 5.75 Å². The van der Waals surface area contributed by atoms with E-state index in [-0.39, 0.29) is 5.41 Å². The van der Waals surface area contributed by atoms with Crippen LogP contribution in [0.25, 0.3) is 0 Å². The van der Waals surface area contributed by atoms with Gasteiger partial charge in [0.2, 0.25) is 0 Å². The smallest absolute Gasteiger partial charge is 0.115 e. The van der Waals surface area contributed by atoms with Crippen molar-refractivity contribution in [3.8, 4) is 5.75 Å². The molecule has 2 bridgehead atoms. The minimum Gasteiger partial charge on any atom is -0.508 e. The molecule has 2 nitrogen and oxygen atoms in total. The van der Waals surface area contributed by atoms with Gasteiger partial charge in [-0.15, -0.1) is 0 Å². The van der Waals surface area contributed by atoms with Gasteiger partial charge in [-0.2, -0.15) is 0 Å². The molecule has 0 saturated carbocycles. The highest BCUT2D eigenvalue weighted by molar-refractivity contribution is 6.29. The van der Waals surface area contributed by atoms with Crippen molar-refractivity contribution in [3.63, 3.8) is 0 Å². The van der Waals surface area contributed by atoms with Crippen molar-refractivity contribution in [2.45, 2.75) is 37.6 Å². The summed E-state index contributed by atoms with van der Waals surface area (Å²) in [6.07, 6.45) is 5.32. The first-order valence-electron chi connectivity index (χ1n) is 9.03. The molecule has 2 atom stereocenters. The largest absolute Gasteiger partial charge is 0.508 e. The molecule has 1 aliphatic carbocycles. The van der Waals surface area contributed by atoms with Gasteiger partial charge in [-0.1, -0.05) is 54.1 Å². The van der Waals surface area contributed by atoms with E-state index in [1.807, 2.05) is 19.1 Å². The summed E-state index contributed by atoms with van der Waals surface area (Å²) in [5.74, 6) is 0.371. The summed E-state index contributed by atoms with van der Waals surface area (Å²) in [5.41, 5.74) is 4.07. The fraction of sp³-hybridized carbons (Fsp3) is 0.364. The number of piperidine rings is 1. The fourth-order valence-corrected chi connectivity index (χ4v) is 4.77. The topological polar surface area (TPSA) is 23.5 Å². The average Bonchev–Trinajstić information content (AvgIpc) is 2.62. The highest BCUT2D eigenvalue weighted by atomic mass is 35.5. The molecule has 2 aromatic carbocycles. The van der Waals surface area contributed by atoms with Crippen molar-refractivity contribution >= 4 is 11.6 Å². The molecule has 1 heterocycles. The number of fused-ring (bicyclic) bond motifs is 4. The van der Waals surface area contributed by atoms with E-state index in [0.29, 0.717) is 11.8 Å². The van der Waals surface area contributed by atoms with Crippen molar-refractivity contribution in [2.75, 3.05) is 13.1 Å². The lowest BCUT2D eigenvalue weighted by Crippen LogP contribution is -2.53. The molecule has 1 aliphatic heterocycles. The van der Waals surface area contributed by atoms with E-state index < -0.39 is 0 Å². The lowest BCUT2D eigenvalue weighted by Gasteiger charge is -2.51. The minimum atomic E-state index is 0.00841. The zero-order chi connectivity index (χ0) is 17.4. The third-order valence-corrected chi connectivity index (χ3v) is 6.08. The van der Waals surface area contributed by atoms with Crippen molar-refractivity contribution in [1.82, 2.24) is 4.90 Å². The zero-order valence-corrected chi connectivity index (χ0v) is 15.3.